The maximum Gasteiger partial charge on any atom is 0.255 e. The van der Waals surface area contributed by atoms with E-state index in [0.717, 1.165) is 23.7 Å². The van der Waals surface area contributed by atoms with E-state index in [-0.39, 0.29) is 17.3 Å². The summed E-state index contributed by atoms with van der Waals surface area (Å²) >= 11 is 0. The molecule has 0 spiro atoms. The van der Waals surface area contributed by atoms with Crippen LogP contribution in [-0.2, 0) is 11.2 Å². The van der Waals surface area contributed by atoms with E-state index >= 15 is 0 Å². The second kappa shape index (κ2) is 8.94. The lowest BCUT2D eigenvalue weighted by Crippen LogP contribution is -2.22. The van der Waals surface area contributed by atoms with Crippen LogP contribution in [0.5, 0.6) is 0 Å². The van der Waals surface area contributed by atoms with Crippen LogP contribution in [0.15, 0.2) is 65.5 Å². The summed E-state index contributed by atoms with van der Waals surface area (Å²) in [6.45, 7) is 0.506. The van der Waals surface area contributed by atoms with Crippen molar-refractivity contribution in [3.63, 3.8) is 0 Å². The molecule has 4 nitrogen and oxygen atoms in total. The SMILES string of the molecule is O=C(/C=C/c1cc2ccccc2[nH]c1=O)NCCCCc1ccccc1F. The van der Waals surface area contributed by atoms with Crippen molar-refractivity contribution in [1.82, 2.24) is 10.3 Å². The minimum atomic E-state index is -0.256. The fourth-order valence-electron chi connectivity index (χ4n) is 2.87. The van der Waals surface area contributed by atoms with Gasteiger partial charge in [-0.3, -0.25) is 9.59 Å². The van der Waals surface area contributed by atoms with Crippen molar-refractivity contribution in [2.45, 2.75) is 19.3 Å². The van der Waals surface area contributed by atoms with Crippen molar-refractivity contribution >= 4 is 22.9 Å². The van der Waals surface area contributed by atoms with E-state index < -0.39 is 0 Å². The van der Waals surface area contributed by atoms with E-state index in [1.165, 1.54) is 18.2 Å². The number of rotatable bonds is 7. The second-order valence-corrected chi connectivity index (χ2v) is 6.31. The third kappa shape index (κ3) is 5.14. The van der Waals surface area contributed by atoms with Crippen LogP contribution < -0.4 is 10.9 Å². The smallest absolute Gasteiger partial charge is 0.255 e. The van der Waals surface area contributed by atoms with Gasteiger partial charge in [0.1, 0.15) is 5.82 Å². The maximum absolute atomic E-state index is 13.5. The number of aryl methyl sites for hydroxylation is 1. The summed E-state index contributed by atoms with van der Waals surface area (Å²) in [5.41, 5.74) is 1.66. The molecule has 0 aliphatic carbocycles. The van der Waals surface area contributed by atoms with Crippen LogP contribution in [-0.4, -0.2) is 17.4 Å². The Morgan fingerprint density at radius 3 is 2.70 bits per heavy atom. The molecule has 0 saturated heterocycles. The Morgan fingerprint density at radius 2 is 1.85 bits per heavy atom. The number of fused-ring (bicyclic) bond motifs is 1. The molecule has 1 heterocycles. The highest BCUT2D eigenvalue weighted by molar-refractivity contribution is 5.92. The molecule has 1 amide bonds. The summed E-state index contributed by atoms with van der Waals surface area (Å²) in [4.78, 5) is 26.7. The summed E-state index contributed by atoms with van der Waals surface area (Å²) in [6.07, 6.45) is 5.06. The Bertz CT molecular complexity index is 1020. The number of hydrogen-bond donors (Lipinski definition) is 2. The Labute approximate surface area is 156 Å². The van der Waals surface area contributed by atoms with Crippen LogP contribution >= 0.6 is 0 Å². The number of H-pyrrole nitrogens is 1. The third-order valence-corrected chi connectivity index (χ3v) is 4.33. The molecule has 0 atom stereocenters. The third-order valence-electron chi connectivity index (χ3n) is 4.33. The van der Waals surface area contributed by atoms with Crippen LogP contribution in [0.3, 0.4) is 0 Å². The van der Waals surface area contributed by atoms with Gasteiger partial charge in [0.15, 0.2) is 0 Å². The Kier molecular flexibility index (Phi) is 6.15. The Morgan fingerprint density at radius 1 is 1.07 bits per heavy atom. The van der Waals surface area contributed by atoms with Crippen molar-refractivity contribution in [3.05, 3.63) is 88.0 Å². The second-order valence-electron chi connectivity index (χ2n) is 6.31. The monoisotopic (exact) mass is 364 g/mol. The van der Waals surface area contributed by atoms with Gasteiger partial charge >= 0.3 is 0 Å². The van der Waals surface area contributed by atoms with Crippen LogP contribution in [0.25, 0.3) is 17.0 Å². The molecule has 0 fully saturated rings. The maximum atomic E-state index is 13.5. The summed E-state index contributed by atoms with van der Waals surface area (Å²) in [5.74, 6) is -0.446. The molecule has 2 N–H and O–H groups in total. The number of pyridine rings is 1. The van der Waals surface area contributed by atoms with Gasteiger partial charge < -0.3 is 10.3 Å². The zero-order valence-corrected chi connectivity index (χ0v) is 14.9. The van der Waals surface area contributed by atoms with Gasteiger partial charge in [0.05, 0.1) is 0 Å². The molecular formula is C22H21FN2O2. The van der Waals surface area contributed by atoms with Gasteiger partial charge in [0, 0.05) is 23.7 Å². The highest BCUT2D eigenvalue weighted by atomic mass is 19.1. The fourth-order valence-corrected chi connectivity index (χ4v) is 2.87. The minimum absolute atomic E-state index is 0.190. The number of halogens is 1. The normalized spacial score (nSPS) is 11.1. The zero-order chi connectivity index (χ0) is 19.1. The molecule has 5 heteroatoms. The van der Waals surface area contributed by atoms with Gasteiger partial charge in [0.2, 0.25) is 5.91 Å². The molecule has 1 aromatic heterocycles. The summed E-state index contributed by atoms with van der Waals surface area (Å²) < 4.78 is 13.5. The van der Waals surface area contributed by atoms with E-state index in [0.29, 0.717) is 24.1 Å². The first-order chi connectivity index (χ1) is 13.1. The lowest BCUT2D eigenvalue weighted by atomic mass is 10.1. The van der Waals surface area contributed by atoms with Gasteiger partial charge in [-0.05, 0) is 54.5 Å². The topological polar surface area (TPSA) is 62.0 Å². The van der Waals surface area contributed by atoms with Crippen LogP contribution in [0, 0.1) is 5.82 Å². The summed E-state index contributed by atoms with van der Waals surface area (Å²) in [5, 5.41) is 3.69. The number of carbonyl (C=O) groups excluding carboxylic acids is 1. The van der Waals surface area contributed by atoms with Gasteiger partial charge in [0.25, 0.3) is 5.56 Å². The predicted molar refractivity (Wildman–Crippen MR) is 106 cm³/mol. The predicted octanol–water partition coefficient (Wildman–Crippen LogP) is 3.82. The molecule has 138 valence electrons. The molecule has 3 aromatic rings. The molecular weight excluding hydrogens is 343 g/mol. The van der Waals surface area contributed by atoms with E-state index in [4.69, 9.17) is 0 Å². The lowest BCUT2D eigenvalue weighted by Gasteiger charge is -2.04. The Balaban J connectivity index is 1.47. The molecule has 0 saturated carbocycles. The molecule has 3 rings (SSSR count). The van der Waals surface area contributed by atoms with Crippen LogP contribution in [0.4, 0.5) is 4.39 Å². The van der Waals surface area contributed by atoms with Crippen molar-refractivity contribution in [1.29, 1.82) is 0 Å². The molecule has 0 aliphatic rings. The van der Waals surface area contributed by atoms with E-state index in [9.17, 15) is 14.0 Å². The van der Waals surface area contributed by atoms with Gasteiger partial charge in [-0.2, -0.15) is 0 Å². The standard InChI is InChI=1S/C22H21FN2O2/c23-19-10-3-1-7-16(19)8-5-6-14-24-21(26)13-12-18-15-17-9-2-4-11-20(17)25-22(18)27/h1-4,7,9-13,15H,5-6,8,14H2,(H,24,26)(H,25,27)/b13-12+. The average Bonchev–Trinajstić information content (AvgIpc) is 2.67. The highest BCUT2D eigenvalue weighted by Crippen LogP contribution is 2.11. The molecule has 2 aromatic carbocycles. The number of carbonyl (C=O) groups is 1. The van der Waals surface area contributed by atoms with Crippen molar-refractivity contribution < 1.29 is 9.18 Å². The van der Waals surface area contributed by atoms with Gasteiger partial charge in [-0.1, -0.05) is 36.4 Å². The quantitative estimate of drug-likeness (QED) is 0.495. The van der Waals surface area contributed by atoms with Gasteiger partial charge in [-0.15, -0.1) is 0 Å². The van der Waals surface area contributed by atoms with Crippen molar-refractivity contribution in [2.24, 2.45) is 0 Å². The fraction of sp³-hybridized carbons (Fsp3) is 0.182. The number of unbranched alkanes of at least 4 members (excludes halogenated alkanes) is 1. The first-order valence-electron chi connectivity index (χ1n) is 8.95. The van der Waals surface area contributed by atoms with Crippen molar-refractivity contribution in [2.75, 3.05) is 6.54 Å². The zero-order valence-electron chi connectivity index (χ0n) is 14.9. The van der Waals surface area contributed by atoms with Crippen molar-refractivity contribution in [3.8, 4) is 0 Å². The van der Waals surface area contributed by atoms with Crippen LogP contribution in [0.2, 0.25) is 0 Å². The number of amides is 1. The average molecular weight is 364 g/mol. The molecule has 27 heavy (non-hydrogen) atoms. The van der Waals surface area contributed by atoms with Gasteiger partial charge in [-0.25, -0.2) is 4.39 Å². The Hall–Kier alpha value is -3.21. The lowest BCUT2D eigenvalue weighted by molar-refractivity contribution is -0.116. The largest absolute Gasteiger partial charge is 0.353 e. The first kappa shape index (κ1) is 18.6. The summed E-state index contributed by atoms with van der Waals surface area (Å²) in [7, 11) is 0. The minimum Gasteiger partial charge on any atom is -0.353 e. The summed E-state index contributed by atoms with van der Waals surface area (Å²) in [6, 6.07) is 16.0. The number of aromatic nitrogens is 1. The number of para-hydroxylation sites is 1. The van der Waals surface area contributed by atoms with E-state index in [2.05, 4.69) is 10.3 Å². The number of aromatic amines is 1. The molecule has 0 aliphatic heterocycles. The van der Waals surface area contributed by atoms with E-state index in [1.54, 1.807) is 18.2 Å². The van der Waals surface area contributed by atoms with E-state index in [1.807, 2.05) is 30.3 Å². The number of benzene rings is 2. The first-order valence-corrected chi connectivity index (χ1v) is 8.95. The molecule has 0 unspecified atom stereocenters. The number of hydrogen-bond acceptors (Lipinski definition) is 2. The highest BCUT2D eigenvalue weighted by Gasteiger charge is 2.02. The number of nitrogens with one attached hydrogen (secondary N) is 2. The molecule has 0 radical (unpaired) electrons. The van der Waals surface area contributed by atoms with Crippen LogP contribution in [0.1, 0.15) is 24.0 Å². The molecule has 0 bridgehead atoms.